The minimum absolute atomic E-state index is 0.0563. The highest BCUT2D eigenvalue weighted by molar-refractivity contribution is 5.92. The number of rotatable bonds is 4. The van der Waals surface area contributed by atoms with Crippen LogP contribution < -0.4 is 0 Å². The van der Waals surface area contributed by atoms with Crippen LogP contribution in [0.5, 0.6) is 0 Å². The molecule has 1 atom stereocenters. The smallest absolute Gasteiger partial charge is 0.276 e. The Labute approximate surface area is 193 Å². The van der Waals surface area contributed by atoms with Gasteiger partial charge < -0.3 is 10.0 Å². The van der Waals surface area contributed by atoms with Crippen molar-refractivity contribution in [3.63, 3.8) is 0 Å². The summed E-state index contributed by atoms with van der Waals surface area (Å²) in [5, 5.41) is 18.9. The van der Waals surface area contributed by atoms with E-state index in [0.29, 0.717) is 18.8 Å². The molecule has 0 aliphatic carbocycles. The Kier molecular flexibility index (Phi) is 5.95. The van der Waals surface area contributed by atoms with Gasteiger partial charge in [0.05, 0.1) is 23.7 Å². The zero-order valence-corrected chi connectivity index (χ0v) is 19.0. The van der Waals surface area contributed by atoms with E-state index < -0.39 is 6.10 Å². The number of hydrogen-bond donors (Lipinski definition) is 1. The molecule has 3 aromatic rings. The molecule has 1 spiro atoms. The van der Waals surface area contributed by atoms with Gasteiger partial charge in [-0.3, -0.25) is 14.7 Å². The number of aromatic nitrogens is 4. The maximum Gasteiger partial charge on any atom is 0.276 e. The van der Waals surface area contributed by atoms with Crippen LogP contribution in [0.3, 0.4) is 0 Å². The second-order valence-corrected chi connectivity index (χ2v) is 9.47. The number of para-hydroxylation sites is 1. The average Bonchev–Trinajstić information content (AvgIpc) is 3.31. The fourth-order valence-electron chi connectivity index (χ4n) is 5.20. The van der Waals surface area contributed by atoms with Crippen LogP contribution in [0.25, 0.3) is 5.69 Å². The number of pyridine rings is 1. The van der Waals surface area contributed by atoms with E-state index >= 15 is 0 Å². The summed E-state index contributed by atoms with van der Waals surface area (Å²) in [7, 11) is 0. The second-order valence-electron chi connectivity index (χ2n) is 9.47. The van der Waals surface area contributed by atoms with Gasteiger partial charge in [-0.25, -0.2) is 4.68 Å². The first-order valence-corrected chi connectivity index (χ1v) is 11.6. The third-order valence-electron chi connectivity index (χ3n) is 6.89. The number of benzene rings is 1. The third kappa shape index (κ3) is 4.82. The van der Waals surface area contributed by atoms with E-state index in [1.165, 1.54) is 0 Å². The van der Waals surface area contributed by atoms with Crippen LogP contribution in [0.4, 0.5) is 0 Å². The summed E-state index contributed by atoms with van der Waals surface area (Å²) in [6, 6.07) is 15.8. The number of aryl methyl sites for hydroxylation is 1. The number of β-amino-alcohol motifs (C(OH)–C–C–N with tert-alkyl or cyclic N) is 1. The Bertz CT molecular complexity index is 1110. The van der Waals surface area contributed by atoms with Crippen molar-refractivity contribution in [3.8, 4) is 5.69 Å². The van der Waals surface area contributed by atoms with Crippen molar-refractivity contribution in [1.29, 1.82) is 0 Å². The van der Waals surface area contributed by atoms with Gasteiger partial charge in [-0.15, -0.1) is 5.10 Å². The fraction of sp³-hybridized carbons (Fsp3) is 0.440. The van der Waals surface area contributed by atoms with Crippen LogP contribution in [0.15, 0.2) is 54.7 Å². The Morgan fingerprint density at radius 1 is 1.12 bits per heavy atom. The third-order valence-corrected chi connectivity index (χ3v) is 6.89. The van der Waals surface area contributed by atoms with Crippen molar-refractivity contribution < 1.29 is 9.90 Å². The number of piperidine rings is 2. The molecule has 2 fully saturated rings. The highest BCUT2D eigenvalue weighted by atomic mass is 16.3. The molecule has 0 radical (unpaired) electrons. The molecule has 2 aromatic heterocycles. The number of amides is 1. The highest BCUT2D eigenvalue weighted by Crippen LogP contribution is 2.40. The molecule has 1 N–H and O–H groups in total. The van der Waals surface area contributed by atoms with Gasteiger partial charge in [0.15, 0.2) is 5.69 Å². The van der Waals surface area contributed by atoms with E-state index in [2.05, 4.69) is 32.3 Å². The Hall–Kier alpha value is -3.10. The lowest BCUT2D eigenvalue weighted by molar-refractivity contribution is -0.0340. The highest BCUT2D eigenvalue weighted by Gasteiger charge is 2.43. The quantitative estimate of drug-likeness (QED) is 0.663. The molecule has 0 bridgehead atoms. The van der Waals surface area contributed by atoms with Crippen molar-refractivity contribution in [3.05, 3.63) is 71.8 Å². The maximum atomic E-state index is 13.2. The van der Waals surface area contributed by atoms with Crippen LogP contribution in [-0.2, 0) is 6.54 Å². The number of carbonyl (C=O) groups excluding carboxylic acids is 1. The van der Waals surface area contributed by atoms with E-state index in [1.54, 1.807) is 15.8 Å². The van der Waals surface area contributed by atoms with Crippen LogP contribution in [0.2, 0.25) is 0 Å². The van der Waals surface area contributed by atoms with Gasteiger partial charge in [0, 0.05) is 25.3 Å². The van der Waals surface area contributed by atoms with E-state index in [0.717, 1.165) is 56.0 Å². The molecule has 2 saturated heterocycles. The summed E-state index contributed by atoms with van der Waals surface area (Å²) in [6.07, 6.45) is 3.80. The van der Waals surface area contributed by atoms with Gasteiger partial charge >= 0.3 is 0 Å². The monoisotopic (exact) mass is 446 g/mol. The molecule has 4 heterocycles. The van der Waals surface area contributed by atoms with Gasteiger partial charge in [0.1, 0.15) is 0 Å². The minimum Gasteiger partial charge on any atom is -0.391 e. The molecule has 1 unspecified atom stereocenters. The Morgan fingerprint density at radius 3 is 2.67 bits per heavy atom. The van der Waals surface area contributed by atoms with Crippen molar-refractivity contribution in [2.45, 2.75) is 38.8 Å². The first kappa shape index (κ1) is 21.7. The lowest BCUT2D eigenvalue weighted by Crippen LogP contribution is -2.55. The number of aliphatic hydroxyl groups is 1. The number of likely N-dealkylation sites (tertiary alicyclic amines) is 2. The summed E-state index contributed by atoms with van der Waals surface area (Å²) >= 11 is 0. The predicted molar refractivity (Wildman–Crippen MR) is 124 cm³/mol. The van der Waals surface area contributed by atoms with Gasteiger partial charge in [0.25, 0.3) is 5.91 Å². The summed E-state index contributed by atoms with van der Waals surface area (Å²) in [4.78, 5) is 22.1. The maximum absolute atomic E-state index is 13.2. The molecule has 1 amide bonds. The largest absolute Gasteiger partial charge is 0.391 e. The molecule has 172 valence electrons. The summed E-state index contributed by atoms with van der Waals surface area (Å²) in [6.45, 7) is 5.73. The van der Waals surface area contributed by atoms with Crippen LogP contribution in [-0.4, -0.2) is 73.1 Å². The number of nitrogens with zero attached hydrogens (tertiary/aromatic N) is 6. The van der Waals surface area contributed by atoms with Crippen LogP contribution in [0, 0.1) is 12.3 Å². The molecule has 2 aliphatic rings. The van der Waals surface area contributed by atoms with Crippen LogP contribution in [0.1, 0.15) is 41.1 Å². The lowest BCUT2D eigenvalue weighted by Gasteiger charge is -2.49. The zero-order valence-electron chi connectivity index (χ0n) is 19.0. The summed E-state index contributed by atoms with van der Waals surface area (Å²) in [5.41, 5.74) is 3.24. The first-order chi connectivity index (χ1) is 16.0. The summed E-state index contributed by atoms with van der Waals surface area (Å²) in [5.74, 6) is -0.165. The predicted octanol–water partition coefficient (Wildman–Crippen LogP) is 2.46. The molecule has 8 heteroatoms. The van der Waals surface area contributed by atoms with Crippen molar-refractivity contribution in [2.24, 2.45) is 5.41 Å². The number of aliphatic hydroxyl groups excluding tert-OH is 1. The molecule has 2 aliphatic heterocycles. The molecule has 5 rings (SSSR count). The Morgan fingerprint density at radius 2 is 1.91 bits per heavy atom. The lowest BCUT2D eigenvalue weighted by atomic mass is 9.71. The zero-order chi connectivity index (χ0) is 22.8. The number of carbonyl (C=O) groups is 1. The van der Waals surface area contributed by atoms with Crippen LogP contribution >= 0.6 is 0 Å². The number of hydrogen-bond acceptors (Lipinski definition) is 6. The molecule has 0 saturated carbocycles. The SMILES string of the molecule is Cc1cccc(CN2CCC3(CC2)CC(O)CN(C(=O)c2cn(-c4ccccc4)nn2)C3)n1. The van der Waals surface area contributed by atoms with Crippen molar-refractivity contribution >= 4 is 5.91 Å². The molecule has 1 aromatic carbocycles. The average molecular weight is 447 g/mol. The van der Waals surface area contributed by atoms with E-state index in [-0.39, 0.29) is 11.3 Å². The first-order valence-electron chi connectivity index (χ1n) is 11.6. The van der Waals surface area contributed by atoms with Gasteiger partial charge in [-0.05, 0) is 69.0 Å². The van der Waals surface area contributed by atoms with Gasteiger partial charge in [-0.2, -0.15) is 0 Å². The van der Waals surface area contributed by atoms with Gasteiger partial charge in [-0.1, -0.05) is 29.5 Å². The van der Waals surface area contributed by atoms with Crippen molar-refractivity contribution in [1.82, 2.24) is 29.8 Å². The van der Waals surface area contributed by atoms with Crippen molar-refractivity contribution in [2.75, 3.05) is 26.2 Å². The molecular formula is C25H30N6O2. The molecule has 33 heavy (non-hydrogen) atoms. The van der Waals surface area contributed by atoms with Gasteiger partial charge in [0.2, 0.25) is 0 Å². The second kappa shape index (κ2) is 9.03. The Balaban J connectivity index is 1.24. The van der Waals surface area contributed by atoms with E-state index in [4.69, 9.17) is 0 Å². The van der Waals surface area contributed by atoms with E-state index in [1.807, 2.05) is 43.3 Å². The van der Waals surface area contributed by atoms with E-state index in [9.17, 15) is 9.90 Å². The normalized spacial score (nSPS) is 20.8. The topological polar surface area (TPSA) is 87.4 Å². The molecular weight excluding hydrogens is 416 g/mol. The molecule has 8 nitrogen and oxygen atoms in total. The summed E-state index contributed by atoms with van der Waals surface area (Å²) < 4.78 is 1.61. The fourth-order valence-corrected chi connectivity index (χ4v) is 5.20. The minimum atomic E-state index is -0.517. The standard InChI is InChI=1S/C25H30N6O2/c1-19-6-5-7-20(26-19)15-29-12-10-25(11-13-29)14-22(32)16-30(18-25)24(33)23-17-31(28-27-23)21-8-3-2-4-9-21/h2-9,17,22,32H,10-16,18H2,1H3.